The van der Waals surface area contributed by atoms with Crippen molar-refractivity contribution in [3.8, 4) is 5.75 Å². The summed E-state index contributed by atoms with van der Waals surface area (Å²) in [6.45, 7) is 4.24. The first-order valence-corrected chi connectivity index (χ1v) is 5.64. The summed E-state index contributed by atoms with van der Waals surface area (Å²) >= 11 is 0. The van der Waals surface area contributed by atoms with Crippen LogP contribution in [0.1, 0.15) is 44.6 Å². The van der Waals surface area contributed by atoms with Gasteiger partial charge in [-0.1, -0.05) is 44.9 Å². The van der Waals surface area contributed by atoms with Gasteiger partial charge >= 0.3 is 6.16 Å². The largest absolute Gasteiger partial charge is 0.511 e. The van der Waals surface area contributed by atoms with Crippen molar-refractivity contribution in [2.45, 2.75) is 39.0 Å². The van der Waals surface area contributed by atoms with Crippen LogP contribution in [-0.4, -0.2) is 11.3 Å². The molecule has 16 heavy (non-hydrogen) atoms. The van der Waals surface area contributed by atoms with Gasteiger partial charge in [0.2, 0.25) is 0 Å². The van der Waals surface area contributed by atoms with Crippen LogP contribution in [0.4, 0.5) is 4.79 Å². The van der Waals surface area contributed by atoms with E-state index in [0.717, 1.165) is 24.8 Å². The van der Waals surface area contributed by atoms with E-state index in [1.165, 1.54) is 0 Å². The van der Waals surface area contributed by atoms with Gasteiger partial charge in [0.1, 0.15) is 5.75 Å². The fourth-order valence-electron chi connectivity index (χ4n) is 1.74. The van der Waals surface area contributed by atoms with E-state index in [0.29, 0.717) is 11.7 Å². The lowest BCUT2D eigenvalue weighted by Gasteiger charge is -2.14. The molecule has 1 atom stereocenters. The van der Waals surface area contributed by atoms with E-state index in [2.05, 4.69) is 13.8 Å². The van der Waals surface area contributed by atoms with Crippen molar-refractivity contribution in [2.75, 3.05) is 0 Å². The molecule has 3 nitrogen and oxygen atoms in total. The third-order valence-electron chi connectivity index (χ3n) is 2.64. The molecule has 0 fully saturated rings. The molecule has 0 aliphatic carbocycles. The Morgan fingerprint density at radius 1 is 1.44 bits per heavy atom. The Morgan fingerprint density at radius 2 is 2.12 bits per heavy atom. The zero-order valence-electron chi connectivity index (χ0n) is 9.77. The van der Waals surface area contributed by atoms with Gasteiger partial charge in [-0.3, -0.25) is 0 Å². The summed E-state index contributed by atoms with van der Waals surface area (Å²) in [4.78, 5) is 10.5. The van der Waals surface area contributed by atoms with E-state index in [1.54, 1.807) is 12.1 Å². The van der Waals surface area contributed by atoms with Crippen LogP contribution in [0.25, 0.3) is 0 Å². The molecule has 0 radical (unpaired) electrons. The second-order valence-electron chi connectivity index (χ2n) is 3.95. The molecule has 1 N–H and O–H groups in total. The first kappa shape index (κ1) is 12.6. The summed E-state index contributed by atoms with van der Waals surface area (Å²) < 4.78 is 4.76. The quantitative estimate of drug-likeness (QED) is 0.604. The number of benzene rings is 1. The van der Waals surface area contributed by atoms with Crippen molar-refractivity contribution in [3.63, 3.8) is 0 Å². The predicted octanol–water partition coefficient (Wildman–Crippen LogP) is 4.04. The zero-order chi connectivity index (χ0) is 12.0. The lowest BCUT2D eigenvalue weighted by atomic mass is 9.95. The van der Waals surface area contributed by atoms with Crippen molar-refractivity contribution < 1.29 is 14.6 Å². The van der Waals surface area contributed by atoms with Gasteiger partial charge in [0.05, 0.1) is 0 Å². The molecule has 0 heterocycles. The lowest BCUT2D eigenvalue weighted by Crippen LogP contribution is -2.06. The molecule has 0 amide bonds. The number of ether oxygens (including phenoxy) is 1. The second kappa shape index (κ2) is 6.16. The first-order valence-electron chi connectivity index (χ1n) is 5.64. The van der Waals surface area contributed by atoms with Gasteiger partial charge < -0.3 is 9.84 Å². The first-order chi connectivity index (χ1) is 7.65. The van der Waals surface area contributed by atoms with Crippen LogP contribution in [0.3, 0.4) is 0 Å². The number of para-hydroxylation sites is 1. The predicted molar refractivity (Wildman–Crippen MR) is 63.0 cm³/mol. The maximum atomic E-state index is 10.5. The molecule has 0 bridgehead atoms. The van der Waals surface area contributed by atoms with Crippen LogP contribution in [0.5, 0.6) is 5.75 Å². The minimum absolute atomic E-state index is 0.329. The number of carboxylic acid groups (broad SMARTS) is 1. The molecule has 1 aromatic carbocycles. The van der Waals surface area contributed by atoms with Gasteiger partial charge in [-0.25, -0.2) is 4.79 Å². The average Bonchev–Trinajstić information content (AvgIpc) is 2.26. The maximum absolute atomic E-state index is 10.5. The van der Waals surface area contributed by atoms with E-state index in [-0.39, 0.29) is 0 Å². The number of hydrogen-bond acceptors (Lipinski definition) is 2. The van der Waals surface area contributed by atoms with Gasteiger partial charge in [0.25, 0.3) is 0 Å². The standard InChI is InChI=1S/C13H18O3/c1-3-4-7-10(2)11-8-5-6-9-12(11)16-13(14)15/h5-6,8-10H,3-4,7H2,1-2H3,(H,14,15). The van der Waals surface area contributed by atoms with E-state index in [9.17, 15) is 4.79 Å². The van der Waals surface area contributed by atoms with Gasteiger partial charge in [-0.05, 0) is 24.0 Å². The highest BCUT2D eigenvalue weighted by Gasteiger charge is 2.12. The smallest absolute Gasteiger partial charge is 0.449 e. The van der Waals surface area contributed by atoms with Crippen molar-refractivity contribution >= 4 is 6.16 Å². The normalized spacial score (nSPS) is 12.1. The topological polar surface area (TPSA) is 46.5 Å². The third-order valence-corrected chi connectivity index (χ3v) is 2.64. The van der Waals surface area contributed by atoms with Crippen LogP contribution in [0.15, 0.2) is 24.3 Å². The minimum Gasteiger partial charge on any atom is -0.449 e. The number of unbranched alkanes of at least 4 members (excludes halogenated alkanes) is 1. The Morgan fingerprint density at radius 3 is 2.75 bits per heavy atom. The maximum Gasteiger partial charge on any atom is 0.511 e. The second-order valence-corrected chi connectivity index (χ2v) is 3.95. The summed E-state index contributed by atoms with van der Waals surface area (Å²) in [5.74, 6) is 0.786. The fourth-order valence-corrected chi connectivity index (χ4v) is 1.74. The van der Waals surface area contributed by atoms with Crippen molar-refractivity contribution in [1.82, 2.24) is 0 Å². The van der Waals surface area contributed by atoms with E-state index in [1.807, 2.05) is 12.1 Å². The molecule has 0 saturated carbocycles. The van der Waals surface area contributed by atoms with Gasteiger partial charge in [-0.2, -0.15) is 0 Å². The van der Waals surface area contributed by atoms with E-state index in [4.69, 9.17) is 9.84 Å². The van der Waals surface area contributed by atoms with Crippen molar-refractivity contribution in [2.24, 2.45) is 0 Å². The molecule has 1 unspecified atom stereocenters. The molecule has 1 aromatic rings. The molecule has 3 heteroatoms. The average molecular weight is 222 g/mol. The Hall–Kier alpha value is -1.51. The highest BCUT2D eigenvalue weighted by atomic mass is 16.7. The number of rotatable bonds is 5. The molecule has 1 rings (SSSR count). The number of hydrogen-bond donors (Lipinski definition) is 1. The molecular weight excluding hydrogens is 204 g/mol. The zero-order valence-corrected chi connectivity index (χ0v) is 9.77. The van der Waals surface area contributed by atoms with Gasteiger partial charge in [0, 0.05) is 0 Å². The third kappa shape index (κ3) is 3.57. The Labute approximate surface area is 96.1 Å². The van der Waals surface area contributed by atoms with Gasteiger partial charge in [-0.15, -0.1) is 0 Å². The molecule has 0 spiro atoms. The van der Waals surface area contributed by atoms with Crippen molar-refractivity contribution in [1.29, 1.82) is 0 Å². The summed E-state index contributed by atoms with van der Waals surface area (Å²) in [6.07, 6.45) is 2.08. The summed E-state index contributed by atoms with van der Waals surface area (Å²) in [7, 11) is 0. The SMILES string of the molecule is CCCCC(C)c1ccccc1OC(=O)O. The summed E-state index contributed by atoms with van der Waals surface area (Å²) in [6, 6.07) is 7.32. The molecular formula is C13H18O3. The molecule has 0 aliphatic rings. The summed E-state index contributed by atoms with van der Waals surface area (Å²) in [5, 5.41) is 8.63. The Balaban J connectivity index is 2.80. The van der Waals surface area contributed by atoms with E-state index < -0.39 is 6.16 Å². The van der Waals surface area contributed by atoms with Crippen LogP contribution in [-0.2, 0) is 0 Å². The highest BCUT2D eigenvalue weighted by Crippen LogP contribution is 2.29. The Bertz CT molecular complexity index is 347. The summed E-state index contributed by atoms with van der Waals surface area (Å²) in [5.41, 5.74) is 0.971. The van der Waals surface area contributed by atoms with E-state index >= 15 is 0 Å². The van der Waals surface area contributed by atoms with Crippen LogP contribution < -0.4 is 4.74 Å². The van der Waals surface area contributed by atoms with Crippen LogP contribution >= 0.6 is 0 Å². The molecule has 0 aromatic heterocycles. The fraction of sp³-hybridized carbons (Fsp3) is 0.462. The van der Waals surface area contributed by atoms with Crippen LogP contribution in [0.2, 0.25) is 0 Å². The minimum atomic E-state index is -1.25. The van der Waals surface area contributed by atoms with Crippen LogP contribution in [0, 0.1) is 0 Å². The highest BCUT2D eigenvalue weighted by molar-refractivity contribution is 5.62. The van der Waals surface area contributed by atoms with Gasteiger partial charge in [0.15, 0.2) is 0 Å². The van der Waals surface area contributed by atoms with Crippen molar-refractivity contribution in [3.05, 3.63) is 29.8 Å². The lowest BCUT2D eigenvalue weighted by molar-refractivity contribution is 0.144. The molecule has 88 valence electrons. The molecule has 0 saturated heterocycles. The molecule has 0 aliphatic heterocycles. The number of carbonyl (C=O) groups is 1. The Kier molecular flexibility index (Phi) is 4.83. The monoisotopic (exact) mass is 222 g/mol.